The van der Waals surface area contributed by atoms with Crippen LogP contribution in [-0.2, 0) is 14.8 Å². The summed E-state index contributed by atoms with van der Waals surface area (Å²) in [5, 5.41) is 11.0. The lowest BCUT2D eigenvalue weighted by Gasteiger charge is -2.26. The Balaban J connectivity index is 2.00. The van der Waals surface area contributed by atoms with Crippen LogP contribution >= 0.6 is 0 Å². The van der Waals surface area contributed by atoms with Crippen LogP contribution < -0.4 is 9.46 Å². The van der Waals surface area contributed by atoms with Crippen molar-refractivity contribution in [3.05, 3.63) is 28.3 Å². The predicted molar refractivity (Wildman–Crippen MR) is 89.9 cm³/mol. The summed E-state index contributed by atoms with van der Waals surface area (Å²) in [5.41, 5.74) is -0.435. The lowest BCUT2D eigenvalue weighted by atomic mass is 10.1. The van der Waals surface area contributed by atoms with Gasteiger partial charge in [-0.2, -0.15) is 0 Å². The van der Waals surface area contributed by atoms with E-state index in [2.05, 4.69) is 4.72 Å². The highest BCUT2D eigenvalue weighted by atomic mass is 32.2. The van der Waals surface area contributed by atoms with Crippen LogP contribution in [0.4, 0.5) is 5.69 Å². The van der Waals surface area contributed by atoms with Crippen molar-refractivity contribution in [2.24, 2.45) is 0 Å². The lowest BCUT2D eigenvalue weighted by molar-refractivity contribution is -0.386. The van der Waals surface area contributed by atoms with Crippen LogP contribution in [-0.4, -0.2) is 50.9 Å². The van der Waals surface area contributed by atoms with Gasteiger partial charge in [-0.3, -0.25) is 14.9 Å². The van der Waals surface area contributed by atoms with Gasteiger partial charge in [0.05, 0.1) is 16.9 Å². The number of sulfonamides is 1. The van der Waals surface area contributed by atoms with Crippen LogP contribution in [0.3, 0.4) is 0 Å². The minimum absolute atomic E-state index is 0.0239. The number of ether oxygens (including phenoxy) is 1. The number of nitrogens with zero attached hydrogens (tertiary/aromatic N) is 2. The number of amides is 1. The minimum atomic E-state index is -3.95. The molecule has 1 fully saturated rings. The number of nitrogens with one attached hydrogen (secondary N) is 1. The Hall–Kier alpha value is -2.20. The van der Waals surface area contributed by atoms with Crippen molar-refractivity contribution < 1.29 is 22.9 Å². The summed E-state index contributed by atoms with van der Waals surface area (Å²) < 4.78 is 31.7. The summed E-state index contributed by atoms with van der Waals surface area (Å²) in [5.74, 6) is -0.118. The standard InChI is InChI=1S/C15H21N3O6S/c1-24-14-6-5-12(11-13(14)18(20)21)25(22,23)16-8-7-15(19)17-9-3-2-4-10-17/h5-6,11,16H,2-4,7-10H2,1H3. The minimum Gasteiger partial charge on any atom is -0.490 e. The van der Waals surface area contributed by atoms with Crippen molar-refractivity contribution in [1.29, 1.82) is 0 Å². The van der Waals surface area contributed by atoms with Crippen molar-refractivity contribution in [1.82, 2.24) is 9.62 Å². The highest BCUT2D eigenvalue weighted by molar-refractivity contribution is 7.89. The van der Waals surface area contributed by atoms with Gasteiger partial charge in [-0.15, -0.1) is 0 Å². The van der Waals surface area contributed by atoms with Crippen molar-refractivity contribution in [3.63, 3.8) is 0 Å². The van der Waals surface area contributed by atoms with Gasteiger partial charge in [0.2, 0.25) is 15.9 Å². The monoisotopic (exact) mass is 371 g/mol. The molecule has 1 aliphatic heterocycles. The van der Waals surface area contributed by atoms with E-state index in [9.17, 15) is 23.3 Å². The molecule has 25 heavy (non-hydrogen) atoms. The summed E-state index contributed by atoms with van der Waals surface area (Å²) in [6.07, 6.45) is 3.09. The van der Waals surface area contributed by atoms with E-state index in [0.29, 0.717) is 13.1 Å². The van der Waals surface area contributed by atoms with Gasteiger partial charge in [0, 0.05) is 32.1 Å². The molecule has 1 amide bonds. The molecule has 0 aliphatic carbocycles. The van der Waals surface area contributed by atoms with Crippen molar-refractivity contribution in [2.75, 3.05) is 26.7 Å². The number of piperidine rings is 1. The molecule has 138 valence electrons. The molecule has 1 N–H and O–H groups in total. The highest BCUT2D eigenvalue weighted by Gasteiger charge is 2.22. The summed E-state index contributed by atoms with van der Waals surface area (Å²) in [4.78, 5) is 23.8. The molecule has 1 aromatic rings. The average Bonchev–Trinajstić information content (AvgIpc) is 2.61. The molecule has 2 rings (SSSR count). The third kappa shape index (κ3) is 4.89. The first-order valence-electron chi connectivity index (χ1n) is 7.95. The van der Waals surface area contributed by atoms with E-state index in [1.54, 1.807) is 4.90 Å². The first-order valence-corrected chi connectivity index (χ1v) is 9.43. The van der Waals surface area contributed by atoms with Crippen molar-refractivity contribution in [3.8, 4) is 5.75 Å². The first kappa shape index (κ1) is 19.1. The largest absolute Gasteiger partial charge is 0.490 e. The number of likely N-dealkylation sites (tertiary alicyclic amines) is 1. The maximum atomic E-state index is 12.3. The van der Waals surface area contributed by atoms with Gasteiger partial charge in [0.1, 0.15) is 0 Å². The third-order valence-electron chi connectivity index (χ3n) is 4.00. The Morgan fingerprint density at radius 3 is 2.60 bits per heavy atom. The Kier molecular flexibility index (Phi) is 6.32. The van der Waals surface area contributed by atoms with Crippen molar-refractivity contribution in [2.45, 2.75) is 30.6 Å². The molecule has 0 saturated carbocycles. The summed E-state index contributed by atoms with van der Waals surface area (Å²) >= 11 is 0. The molecule has 10 heteroatoms. The number of hydrogen-bond acceptors (Lipinski definition) is 6. The first-order chi connectivity index (χ1) is 11.8. The topological polar surface area (TPSA) is 119 Å². The maximum Gasteiger partial charge on any atom is 0.312 e. The van der Waals surface area contributed by atoms with Gasteiger partial charge in [-0.25, -0.2) is 13.1 Å². The number of carbonyl (C=O) groups is 1. The molecule has 0 radical (unpaired) electrons. The van der Waals surface area contributed by atoms with Crippen LogP contribution in [0.1, 0.15) is 25.7 Å². The molecular weight excluding hydrogens is 350 g/mol. The number of rotatable bonds is 7. The van der Waals surface area contributed by atoms with Crippen LogP contribution in [0.2, 0.25) is 0 Å². The van der Waals surface area contributed by atoms with E-state index in [4.69, 9.17) is 4.74 Å². The van der Waals surface area contributed by atoms with Gasteiger partial charge >= 0.3 is 5.69 Å². The second kappa shape index (κ2) is 8.26. The van der Waals surface area contributed by atoms with Gasteiger partial charge in [-0.05, 0) is 31.4 Å². The Morgan fingerprint density at radius 2 is 2.00 bits per heavy atom. The maximum absolute atomic E-state index is 12.3. The molecule has 1 saturated heterocycles. The lowest BCUT2D eigenvalue weighted by Crippen LogP contribution is -2.37. The molecule has 0 spiro atoms. The SMILES string of the molecule is COc1ccc(S(=O)(=O)NCCC(=O)N2CCCCC2)cc1[N+](=O)[O-]. The smallest absolute Gasteiger partial charge is 0.312 e. The molecule has 0 aromatic heterocycles. The van der Waals surface area contributed by atoms with Crippen LogP contribution in [0.25, 0.3) is 0 Å². The van der Waals surface area contributed by atoms with E-state index in [0.717, 1.165) is 25.3 Å². The van der Waals surface area contributed by atoms with E-state index >= 15 is 0 Å². The zero-order valence-electron chi connectivity index (χ0n) is 13.9. The van der Waals surface area contributed by atoms with E-state index < -0.39 is 20.6 Å². The zero-order valence-corrected chi connectivity index (χ0v) is 14.8. The average molecular weight is 371 g/mol. The molecular formula is C15H21N3O6S. The fourth-order valence-electron chi connectivity index (χ4n) is 2.66. The van der Waals surface area contributed by atoms with Gasteiger partial charge < -0.3 is 9.64 Å². The predicted octanol–water partition coefficient (Wildman–Crippen LogP) is 1.28. The van der Waals surface area contributed by atoms with Crippen LogP contribution in [0, 0.1) is 10.1 Å². The van der Waals surface area contributed by atoms with Crippen LogP contribution in [0.15, 0.2) is 23.1 Å². The van der Waals surface area contributed by atoms with Gasteiger partial charge in [0.15, 0.2) is 5.75 Å². The van der Waals surface area contributed by atoms with Gasteiger partial charge in [-0.1, -0.05) is 0 Å². The van der Waals surface area contributed by atoms with Gasteiger partial charge in [0.25, 0.3) is 0 Å². The Bertz CT molecular complexity index is 744. The van der Waals surface area contributed by atoms with Crippen LogP contribution in [0.5, 0.6) is 5.75 Å². The molecule has 0 bridgehead atoms. The fourth-order valence-corrected chi connectivity index (χ4v) is 3.71. The van der Waals surface area contributed by atoms with E-state index in [1.807, 2.05) is 0 Å². The fraction of sp³-hybridized carbons (Fsp3) is 0.533. The Morgan fingerprint density at radius 1 is 1.32 bits per heavy atom. The Labute approximate surface area is 146 Å². The number of nitro groups is 1. The molecule has 1 aliphatic rings. The number of benzene rings is 1. The zero-order chi connectivity index (χ0) is 18.4. The second-order valence-electron chi connectivity index (χ2n) is 5.68. The molecule has 0 atom stereocenters. The molecule has 0 unspecified atom stereocenters. The summed E-state index contributed by atoms with van der Waals surface area (Å²) in [7, 11) is -2.68. The molecule has 1 aromatic carbocycles. The third-order valence-corrected chi connectivity index (χ3v) is 5.46. The van der Waals surface area contributed by atoms with E-state index in [1.165, 1.54) is 19.2 Å². The number of methoxy groups -OCH3 is 1. The van der Waals surface area contributed by atoms with E-state index in [-0.39, 0.29) is 29.5 Å². The number of carbonyl (C=O) groups excluding carboxylic acids is 1. The highest BCUT2D eigenvalue weighted by Crippen LogP contribution is 2.29. The summed E-state index contributed by atoms with van der Waals surface area (Å²) in [6.45, 7) is 1.35. The second-order valence-corrected chi connectivity index (χ2v) is 7.45. The summed E-state index contributed by atoms with van der Waals surface area (Å²) in [6, 6.07) is 3.39. The molecule has 9 nitrogen and oxygen atoms in total. The van der Waals surface area contributed by atoms with Crippen molar-refractivity contribution >= 4 is 21.6 Å². The number of hydrogen-bond donors (Lipinski definition) is 1. The normalized spacial score (nSPS) is 15.0. The molecule has 1 heterocycles. The number of nitro benzene ring substituents is 1. The quantitative estimate of drug-likeness (QED) is 0.570.